The average molecular weight is 235 g/mol. The number of halogens is 3. The molecule has 0 aliphatic carbocycles. The second kappa shape index (κ2) is 4.38. The molecular formula is C9H8F3NO3. The van der Waals surface area contributed by atoms with Gasteiger partial charge in [-0.3, -0.25) is 9.59 Å². The Balaban J connectivity index is 3.28. The van der Waals surface area contributed by atoms with Crippen LogP contribution in [0.5, 0.6) is 5.75 Å². The Bertz CT molecular complexity index is 450. The number of ketones is 1. The van der Waals surface area contributed by atoms with Crippen molar-refractivity contribution in [1.29, 1.82) is 0 Å². The summed E-state index contributed by atoms with van der Waals surface area (Å²) >= 11 is 0. The van der Waals surface area contributed by atoms with Crippen LogP contribution in [-0.4, -0.2) is 23.6 Å². The predicted octanol–water partition coefficient (Wildman–Crippen LogP) is 1.52. The van der Waals surface area contributed by atoms with E-state index in [1.54, 1.807) is 0 Å². The molecule has 0 aliphatic rings. The predicted molar refractivity (Wildman–Crippen MR) is 48.6 cm³/mol. The van der Waals surface area contributed by atoms with E-state index in [0.717, 1.165) is 12.3 Å². The molecule has 7 heteroatoms. The summed E-state index contributed by atoms with van der Waals surface area (Å²) < 4.78 is 41.2. The monoisotopic (exact) mass is 235 g/mol. The fourth-order valence-corrected chi connectivity index (χ4v) is 1.06. The molecule has 1 rings (SSSR count). The second-order valence-electron chi connectivity index (χ2n) is 2.81. The summed E-state index contributed by atoms with van der Waals surface area (Å²) in [5, 5.41) is 0. The third-order valence-electron chi connectivity index (χ3n) is 1.69. The minimum absolute atomic E-state index is 0.00870. The summed E-state index contributed by atoms with van der Waals surface area (Å²) in [5.74, 6) is -2.74. The van der Waals surface area contributed by atoms with Crippen LogP contribution in [0.4, 0.5) is 13.2 Å². The third kappa shape index (κ3) is 2.41. The van der Waals surface area contributed by atoms with Gasteiger partial charge in [-0.15, -0.1) is 0 Å². The van der Waals surface area contributed by atoms with Crippen LogP contribution in [0.25, 0.3) is 0 Å². The smallest absolute Gasteiger partial charge is 0.456 e. The minimum atomic E-state index is -5.05. The van der Waals surface area contributed by atoms with Crippen molar-refractivity contribution in [1.82, 2.24) is 4.98 Å². The number of aromatic amines is 1. The molecule has 0 radical (unpaired) electrons. The Kier molecular flexibility index (Phi) is 3.36. The Hall–Kier alpha value is -1.79. The van der Waals surface area contributed by atoms with Crippen LogP contribution < -0.4 is 10.2 Å². The summed E-state index contributed by atoms with van der Waals surface area (Å²) in [7, 11) is 0. The minimum Gasteiger partial charge on any atom is -0.488 e. The molecule has 16 heavy (non-hydrogen) atoms. The number of carbonyl (C=O) groups is 1. The maximum Gasteiger partial charge on any atom is 0.456 e. The highest BCUT2D eigenvalue weighted by molar-refractivity contribution is 6.00. The lowest BCUT2D eigenvalue weighted by atomic mass is 10.2. The molecule has 0 aromatic carbocycles. The number of pyridine rings is 1. The zero-order chi connectivity index (χ0) is 12.3. The lowest BCUT2D eigenvalue weighted by Gasteiger charge is -2.09. The van der Waals surface area contributed by atoms with Crippen LogP contribution in [-0.2, 0) is 0 Å². The van der Waals surface area contributed by atoms with E-state index in [1.165, 1.54) is 6.92 Å². The van der Waals surface area contributed by atoms with Crippen molar-refractivity contribution >= 4 is 5.78 Å². The van der Waals surface area contributed by atoms with E-state index < -0.39 is 28.8 Å². The Labute approximate surface area is 88.0 Å². The van der Waals surface area contributed by atoms with Crippen LogP contribution in [0.15, 0.2) is 17.1 Å². The van der Waals surface area contributed by atoms with Gasteiger partial charge in [0.1, 0.15) is 5.69 Å². The molecule has 0 amide bonds. The number of ether oxygens (including phenoxy) is 1. The standard InChI is InChI=1S/C9H8F3NO3/c1-2-16-7-5(14)3-4-13-6(7)8(15)9(10,11)12/h3-4H,2H2,1H3,(H,13,14). The quantitative estimate of drug-likeness (QED) is 0.808. The maximum absolute atomic E-state index is 12.2. The maximum atomic E-state index is 12.2. The molecule has 1 heterocycles. The van der Waals surface area contributed by atoms with Crippen molar-refractivity contribution in [3.05, 3.63) is 28.2 Å². The molecule has 0 bridgehead atoms. The van der Waals surface area contributed by atoms with Gasteiger partial charge in [0.2, 0.25) is 5.43 Å². The van der Waals surface area contributed by atoms with E-state index >= 15 is 0 Å². The van der Waals surface area contributed by atoms with E-state index in [9.17, 15) is 22.8 Å². The van der Waals surface area contributed by atoms with E-state index in [1.807, 2.05) is 0 Å². The van der Waals surface area contributed by atoms with E-state index in [-0.39, 0.29) is 6.61 Å². The summed E-state index contributed by atoms with van der Waals surface area (Å²) in [6.45, 7) is 1.49. The SMILES string of the molecule is CCOc1c(C(=O)C(F)(F)F)[nH]ccc1=O. The Morgan fingerprint density at radius 1 is 1.50 bits per heavy atom. The van der Waals surface area contributed by atoms with Gasteiger partial charge in [-0.1, -0.05) is 0 Å². The highest BCUT2D eigenvalue weighted by Gasteiger charge is 2.41. The summed E-state index contributed by atoms with van der Waals surface area (Å²) in [6.07, 6.45) is -4.08. The molecule has 0 fully saturated rings. The fourth-order valence-electron chi connectivity index (χ4n) is 1.06. The first-order valence-corrected chi connectivity index (χ1v) is 4.34. The molecule has 0 saturated carbocycles. The Morgan fingerprint density at radius 2 is 2.12 bits per heavy atom. The van der Waals surface area contributed by atoms with Crippen LogP contribution in [0.3, 0.4) is 0 Å². The van der Waals surface area contributed by atoms with Gasteiger partial charge in [0.05, 0.1) is 6.61 Å². The molecular weight excluding hydrogens is 227 g/mol. The zero-order valence-electron chi connectivity index (χ0n) is 8.22. The molecule has 1 aromatic rings. The van der Waals surface area contributed by atoms with Crippen molar-refractivity contribution in [2.75, 3.05) is 6.61 Å². The lowest BCUT2D eigenvalue weighted by molar-refractivity contribution is -0.0890. The number of carbonyl (C=O) groups excluding carboxylic acids is 1. The first kappa shape index (κ1) is 12.3. The topological polar surface area (TPSA) is 59.2 Å². The van der Waals surface area contributed by atoms with Crippen molar-refractivity contribution in [3.8, 4) is 5.75 Å². The number of nitrogens with one attached hydrogen (secondary N) is 1. The third-order valence-corrected chi connectivity index (χ3v) is 1.69. The second-order valence-corrected chi connectivity index (χ2v) is 2.81. The number of rotatable bonds is 3. The molecule has 0 unspecified atom stereocenters. The highest BCUT2D eigenvalue weighted by atomic mass is 19.4. The van der Waals surface area contributed by atoms with Crippen molar-refractivity contribution in [2.24, 2.45) is 0 Å². The van der Waals surface area contributed by atoms with Gasteiger partial charge < -0.3 is 9.72 Å². The van der Waals surface area contributed by atoms with Gasteiger partial charge in [0.15, 0.2) is 5.75 Å². The first-order valence-electron chi connectivity index (χ1n) is 4.34. The summed E-state index contributed by atoms with van der Waals surface area (Å²) in [4.78, 5) is 24.2. The number of aromatic nitrogens is 1. The van der Waals surface area contributed by atoms with Crippen molar-refractivity contribution < 1.29 is 22.7 Å². The first-order chi connectivity index (χ1) is 7.38. The molecule has 0 spiro atoms. The average Bonchev–Trinajstić information content (AvgIpc) is 2.19. The van der Waals surface area contributed by atoms with Crippen LogP contribution in [0.1, 0.15) is 17.4 Å². The van der Waals surface area contributed by atoms with Crippen LogP contribution in [0, 0.1) is 0 Å². The molecule has 0 saturated heterocycles. The molecule has 4 nitrogen and oxygen atoms in total. The number of alkyl halides is 3. The summed E-state index contributed by atoms with van der Waals surface area (Å²) in [5.41, 5.74) is -1.64. The highest BCUT2D eigenvalue weighted by Crippen LogP contribution is 2.23. The summed E-state index contributed by atoms with van der Waals surface area (Å²) in [6, 6.07) is 0.984. The van der Waals surface area contributed by atoms with Gasteiger partial charge in [0, 0.05) is 12.3 Å². The number of Topliss-reactive ketones (excluding diaryl/α,β-unsaturated/α-hetero) is 1. The molecule has 1 N–H and O–H groups in total. The molecule has 88 valence electrons. The van der Waals surface area contributed by atoms with Gasteiger partial charge >= 0.3 is 6.18 Å². The lowest BCUT2D eigenvalue weighted by Crippen LogP contribution is -2.26. The molecule has 1 aromatic heterocycles. The Morgan fingerprint density at radius 3 is 2.62 bits per heavy atom. The van der Waals surface area contributed by atoms with E-state index in [2.05, 4.69) is 4.98 Å². The normalized spacial score (nSPS) is 11.2. The molecule has 0 atom stereocenters. The van der Waals surface area contributed by atoms with E-state index in [4.69, 9.17) is 4.74 Å². The number of hydrogen-bond acceptors (Lipinski definition) is 3. The van der Waals surface area contributed by atoms with Crippen molar-refractivity contribution in [2.45, 2.75) is 13.1 Å². The van der Waals surface area contributed by atoms with Crippen molar-refractivity contribution in [3.63, 3.8) is 0 Å². The number of H-pyrrole nitrogens is 1. The molecule has 0 aliphatic heterocycles. The van der Waals surface area contributed by atoms with Gasteiger partial charge in [-0.05, 0) is 6.92 Å². The van der Waals surface area contributed by atoms with Gasteiger partial charge in [-0.2, -0.15) is 13.2 Å². The number of hydrogen-bond donors (Lipinski definition) is 1. The zero-order valence-corrected chi connectivity index (χ0v) is 8.22. The van der Waals surface area contributed by atoms with Gasteiger partial charge in [0.25, 0.3) is 5.78 Å². The van der Waals surface area contributed by atoms with Crippen LogP contribution >= 0.6 is 0 Å². The largest absolute Gasteiger partial charge is 0.488 e. The fraction of sp³-hybridized carbons (Fsp3) is 0.333. The van der Waals surface area contributed by atoms with E-state index in [0.29, 0.717) is 0 Å². The van der Waals surface area contributed by atoms with Gasteiger partial charge in [-0.25, -0.2) is 0 Å². The van der Waals surface area contributed by atoms with Crippen LogP contribution in [0.2, 0.25) is 0 Å².